The van der Waals surface area contributed by atoms with Crippen molar-refractivity contribution in [3.8, 4) is 22.3 Å². The Balaban J connectivity index is 2.35. The third kappa shape index (κ3) is 2.84. The first-order chi connectivity index (χ1) is 11.2. The SMILES string of the molecule is Cc1ccc(-c2ccccc2)c(-c2c(C=O)cccc2C=O)c1. The van der Waals surface area contributed by atoms with E-state index in [0.29, 0.717) is 16.7 Å². The molecule has 3 rings (SSSR count). The number of carbonyl (C=O) groups excluding carboxylic acids is 2. The van der Waals surface area contributed by atoms with Crippen molar-refractivity contribution in [1.29, 1.82) is 0 Å². The van der Waals surface area contributed by atoms with Crippen LogP contribution in [-0.4, -0.2) is 12.6 Å². The fourth-order valence-electron chi connectivity index (χ4n) is 2.83. The van der Waals surface area contributed by atoms with E-state index < -0.39 is 0 Å². The van der Waals surface area contributed by atoms with E-state index in [2.05, 4.69) is 0 Å². The molecule has 0 aliphatic heterocycles. The summed E-state index contributed by atoms with van der Waals surface area (Å²) >= 11 is 0. The highest BCUT2D eigenvalue weighted by Gasteiger charge is 2.15. The van der Waals surface area contributed by atoms with Crippen LogP contribution in [-0.2, 0) is 0 Å². The first-order valence-corrected chi connectivity index (χ1v) is 7.44. The molecule has 3 aromatic carbocycles. The van der Waals surface area contributed by atoms with Gasteiger partial charge in [-0.05, 0) is 23.6 Å². The predicted molar refractivity (Wildman–Crippen MR) is 92.8 cm³/mol. The fourth-order valence-corrected chi connectivity index (χ4v) is 2.83. The maximum atomic E-state index is 11.5. The maximum absolute atomic E-state index is 11.5. The molecule has 2 heteroatoms. The number of hydrogen-bond donors (Lipinski definition) is 0. The molecule has 0 aliphatic carbocycles. The van der Waals surface area contributed by atoms with Crippen molar-refractivity contribution in [2.45, 2.75) is 6.92 Å². The third-order valence-electron chi connectivity index (χ3n) is 3.91. The van der Waals surface area contributed by atoms with Gasteiger partial charge in [0.2, 0.25) is 0 Å². The lowest BCUT2D eigenvalue weighted by Crippen LogP contribution is -1.96. The third-order valence-corrected chi connectivity index (χ3v) is 3.91. The number of hydrogen-bond acceptors (Lipinski definition) is 2. The Kier molecular flexibility index (Phi) is 4.15. The number of rotatable bonds is 4. The van der Waals surface area contributed by atoms with Crippen molar-refractivity contribution >= 4 is 12.6 Å². The van der Waals surface area contributed by atoms with Crippen molar-refractivity contribution in [3.63, 3.8) is 0 Å². The van der Waals surface area contributed by atoms with Gasteiger partial charge in [0.05, 0.1) is 0 Å². The van der Waals surface area contributed by atoms with E-state index in [-0.39, 0.29) is 0 Å². The molecule has 0 fully saturated rings. The van der Waals surface area contributed by atoms with Gasteiger partial charge in [0.15, 0.2) is 12.6 Å². The van der Waals surface area contributed by atoms with Crippen LogP contribution in [0.1, 0.15) is 26.3 Å². The van der Waals surface area contributed by atoms with Gasteiger partial charge >= 0.3 is 0 Å². The Morgan fingerprint density at radius 2 is 1.35 bits per heavy atom. The van der Waals surface area contributed by atoms with Gasteiger partial charge in [-0.1, -0.05) is 72.3 Å². The standard InChI is InChI=1S/C21H16O2/c1-15-10-11-19(16-6-3-2-4-7-16)20(12-15)21-17(13-22)8-5-9-18(21)14-23/h2-14H,1H3. The molecule has 0 atom stereocenters. The Labute approximate surface area is 135 Å². The monoisotopic (exact) mass is 300 g/mol. The Hall–Kier alpha value is -3.00. The normalized spacial score (nSPS) is 10.3. The van der Waals surface area contributed by atoms with E-state index in [1.54, 1.807) is 18.2 Å². The van der Waals surface area contributed by atoms with Gasteiger partial charge in [0, 0.05) is 16.7 Å². The number of carbonyl (C=O) groups is 2. The molecule has 0 unspecified atom stereocenters. The zero-order valence-corrected chi connectivity index (χ0v) is 12.8. The van der Waals surface area contributed by atoms with Crippen LogP contribution in [0.5, 0.6) is 0 Å². The van der Waals surface area contributed by atoms with Crippen LogP contribution in [0.2, 0.25) is 0 Å². The van der Waals surface area contributed by atoms with Gasteiger partial charge in [-0.25, -0.2) is 0 Å². The van der Waals surface area contributed by atoms with Gasteiger partial charge in [-0.2, -0.15) is 0 Å². The minimum absolute atomic E-state index is 0.525. The maximum Gasteiger partial charge on any atom is 0.150 e. The second kappa shape index (κ2) is 6.41. The van der Waals surface area contributed by atoms with Gasteiger partial charge in [0.25, 0.3) is 0 Å². The topological polar surface area (TPSA) is 34.1 Å². The van der Waals surface area contributed by atoms with E-state index in [1.807, 2.05) is 55.5 Å². The molecule has 0 aliphatic rings. The predicted octanol–water partition coefficient (Wildman–Crippen LogP) is 4.95. The van der Waals surface area contributed by atoms with Crippen molar-refractivity contribution in [1.82, 2.24) is 0 Å². The largest absolute Gasteiger partial charge is 0.298 e. The zero-order valence-electron chi connectivity index (χ0n) is 12.8. The molecule has 0 saturated carbocycles. The average molecular weight is 300 g/mol. The number of benzene rings is 3. The molecular weight excluding hydrogens is 284 g/mol. The van der Waals surface area contributed by atoms with Crippen LogP contribution in [0.25, 0.3) is 22.3 Å². The average Bonchev–Trinajstić information content (AvgIpc) is 2.61. The van der Waals surface area contributed by atoms with Crippen LogP contribution >= 0.6 is 0 Å². The molecule has 0 heterocycles. The van der Waals surface area contributed by atoms with Crippen molar-refractivity contribution in [2.24, 2.45) is 0 Å². The smallest absolute Gasteiger partial charge is 0.150 e. The summed E-state index contributed by atoms with van der Waals surface area (Å²) in [6.07, 6.45) is 1.61. The molecular formula is C21H16O2. The minimum atomic E-state index is 0.525. The Morgan fingerprint density at radius 1 is 0.696 bits per heavy atom. The summed E-state index contributed by atoms with van der Waals surface area (Å²) in [6, 6.07) is 21.3. The lowest BCUT2D eigenvalue weighted by molar-refractivity contribution is 0.112. The van der Waals surface area contributed by atoms with Gasteiger partial charge in [-0.15, -0.1) is 0 Å². The van der Waals surface area contributed by atoms with Crippen LogP contribution in [0.15, 0.2) is 66.7 Å². The van der Waals surface area contributed by atoms with Crippen LogP contribution in [0.3, 0.4) is 0 Å². The molecule has 112 valence electrons. The molecule has 0 saturated heterocycles. The highest BCUT2D eigenvalue weighted by molar-refractivity contribution is 6.00. The highest BCUT2D eigenvalue weighted by Crippen LogP contribution is 2.36. The van der Waals surface area contributed by atoms with Crippen molar-refractivity contribution < 1.29 is 9.59 Å². The summed E-state index contributed by atoms with van der Waals surface area (Å²) in [4.78, 5) is 23.0. The molecule has 0 bridgehead atoms. The van der Waals surface area contributed by atoms with Crippen LogP contribution in [0, 0.1) is 6.92 Å². The summed E-state index contributed by atoms with van der Waals surface area (Å²) in [5, 5.41) is 0. The summed E-state index contributed by atoms with van der Waals surface area (Å²) in [7, 11) is 0. The molecule has 0 spiro atoms. The summed E-state index contributed by atoms with van der Waals surface area (Å²) in [5.74, 6) is 0. The second-order valence-electron chi connectivity index (χ2n) is 5.46. The quantitative estimate of drug-likeness (QED) is 0.639. The molecule has 0 amide bonds. The van der Waals surface area contributed by atoms with Gasteiger partial charge in [0.1, 0.15) is 0 Å². The van der Waals surface area contributed by atoms with E-state index in [9.17, 15) is 9.59 Å². The second-order valence-corrected chi connectivity index (χ2v) is 5.46. The lowest BCUT2D eigenvalue weighted by Gasteiger charge is -2.15. The van der Waals surface area contributed by atoms with E-state index in [4.69, 9.17) is 0 Å². The molecule has 0 aromatic heterocycles. The van der Waals surface area contributed by atoms with Gasteiger partial charge in [-0.3, -0.25) is 9.59 Å². The van der Waals surface area contributed by atoms with E-state index in [1.165, 1.54) is 0 Å². The number of aldehydes is 2. The molecule has 23 heavy (non-hydrogen) atoms. The minimum Gasteiger partial charge on any atom is -0.298 e. The van der Waals surface area contributed by atoms with Gasteiger partial charge < -0.3 is 0 Å². The molecule has 0 N–H and O–H groups in total. The molecule has 0 radical (unpaired) electrons. The highest BCUT2D eigenvalue weighted by atomic mass is 16.1. The first-order valence-electron chi connectivity index (χ1n) is 7.44. The lowest BCUT2D eigenvalue weighted by atomic mass is 9.88. The number of aryl methyl sites for hydroxylation is 1. The Bertz CT molecular complexity index is 838. The zero-order chi connectivity index (χ0) is 16.2. The molecule has 2 nitrogen and oxygen atoms in total. The summed E-state index contributed by atoms with van der Waals surface area (Å²) in [6.45, 7) is 2.00. The van der Waals surface area contributed by atoms with Crippen molar-refractivity contribution in [2.75, 3.05) is 0 Å². The van der Waals surface area contributed by atoms with Crippen molar-refractivity contribution in [3.05, 3.63) is 83.4 Å². The van der Waals surface area contributed by atoms with Crippen LogP contribution < -0.4 is 0 Å². The summed E-state index contributed by atoms with van der Waals surface area (Å²) in [5.41, 5.74) is 5.79. The van der Waals surface area contributed by atoms with E-state index >= 15 is 0 Å². The Morgan fingerprint density at radius 3 is 1.96 bits per heavy atom. The fraction of sp³-hybridized carbons (Fsp3) is 0.0476. The van der Waals surface area contributed by atoms with Crippen LogP contribution in [0.4, 0.5) is 0 Å². The van der Waals surface area contributed by atoms with E-state index in [0.717, 1.165) is 34.8 Å². The summed E-state index contributed by atoms with van der Waals surface area (Å²) < 4.78 is 0. The first kappa shape index (κ1) is 14.9. The molecule has 3 aromatic rings.